The molecule has 0 amide bonds. The molecule has 2 heteroatoms. The van der Waals surface area contributed by atoms with Gasteiger partial charge in [-0.25, -0.2) is 0 Å². The third-order valence-corrected chi connectivity index (χ3v) is 3.72. The fraction of sp³-hybridized carbons (Fsp3) is 1.00. The van der Waals surface area contributed by atoms with Crippen LogP contribution in [0.5, 0.6) is 0 Å². The summed E-state index contributed by atoms with van der Waals surface area (Å²) in [5, 5.41) is 0. The quantitative estimate of drug-likeness (QED) is 0.693. The summed E-state index contributed by atoms with van der Waals surface area (Å²) in [4.78, 5) is 0. The lowest BCUT2D eigenvalue weighted by atomic mass is 9.79. The third-order valence-electron chi connectivity index (χ3n) is 2.74. The average molecular weight is 245 g/mol. The van der Waals surface area contributed by atoms with Crippen molar-refractivity contribution in [2.24, 2.45) is 11.3 Å². The van der Waals surface area contributed by atoms with Crippen LogP contribution in [-0.4, -0.2) is 10.8 Å². The van der Waals surface area contributed by atoms with E-state index in [0.717, 1.165) is 5.92 Å². The number of nitrogens with one attached hydrogen (secondary N) is 1. The Labute approximate surface area is 107 Å². The normalized spacial score (nSPS) is 17.2. The van der Waals surface area contributed by atoms with Gasteiger partial charge in [0.05, 0.1) is 0 Å². The standard InChI is InChI=1S/C14H31NS/c1-9-10-11(2)12(13(3,4)5)15-16-14(6,7)8/h11-12,15H,9-10H2,1-8H3. The summed E-state index contributed by atoms with van der Waals surface area (Å²) >= 11 is 1.87. The van der Waals surface area contributed by atoms with Crippen LogP contribution in [0, 0.1) is 11.3 Å². The van der Waals surface area contributed by atoms with Crippen molar-refractivity contribution in [2.75, 3.05) is 0 Å². The zero-order valence-corrected chi connectivity index (χ0v) is 13.3. The van der Waals surface area contributed by atoms with E-state index in [1.54, 1.807) is 0 Å². The van der Waals surface area contributed by atoms with E-state index in [2.05, 4.69) is 60.1 Å². The van der Waals surface area contributed by atoms with Gasteiger partial charge in [0.1, 0.15) is 0 Å². The molecule has 0 saturated carbocycles. The summed E-state index contributed by atoms with van der Waals surface area (Å²) in [6, 6.07) is 0.580. The van der Waals surface area contributed by atoms with Crippen molar-refractivity contribution in [3.05, 3.63) is 0 Å². The molecule has 0 saturated heterocycles. The zero-order chi connectivity index (χ0) is 13.0. The molecule has 0 aromatic rings. The highest BCUT2D eigenvalue weighted by atomic mass is 32.2. The maximum absolute atomic E-state index is 3.70. The summed E-state index contributed by atoms with van der Waals surface area (Å²) in [7, 11) is 0. The molecule has 0 radical (unpaired) electrons. The van der Waals surface area contributed by atoms with Gasteiger partial charge in [0, 0.05) is 10.8 Å². The minimum atomic E-state index is 0.287. The first kappa shape index (κ1) is 16.3. The largest absolute Gasteiger partial charge is 0.260 e. The van der Waals surface area contributed by atoms with Gasteiger partial charge in [0.2, 0.25) is 0 Å². The Morgan fingerprint density at radius 2 is 1.56 bits per heavy atom. The van der Waals surface area contributed by atoms with Gasteiger partial charge in [-0.3, -0.25) is 4.72 Å². The van der Waals surface area contributed by atoms with Crippen molar-refractivity contribution >= 4 is 11.9 Å². The zero-order valence-electron chi connectivity index (χ0n) is 12.5. The van der Waals surface area contributed by atoms with Crippen molar-refractivity contribution in [3.63, 3.8) is 0 Å². The van der Waals surface area contributed by atoms with E-state index in [-0.39, 0.29) is 4.75 Å². The lowest BCUT2D eigenvalue weighted by molar-refractivity contribution is 0.224. The van der Waals surface area contributed by atoms with Crippen LogP contribution in [-0.2, 0) is 0 Å². The molecule has 0 aromatic heterocycles. The fourth-order valence-corrected chi connectivity index (χ4v) is 3.08. The highest BCUT2D eigenvalue weighted by Gasteiger charge is 2.30. The molecule has 2 unspecified atom stereocenters. The van der Waals surface area contributed by atoms with Crippen molar-refractivity contribution in [3.8, 4) is 0 Å². The maximum atomic E-state index is 3.70. The van der Waals surface area contributed by atoms with Gasteiger partial charge >= 0.3 is 0 Å². The summed E-state index contributed by atoms with van der Waals surface area (Å²) in [5.74, 6) is 0.736. The second-order valence-electron chi connectivity index (χ2n) is 6.94. The lowest BCUT2D eigenvalue weighted by Gasteiger charge is -2.37. The van der Waals surface area contributed by atoms with Gasteiger partial charge in [-0.15, -0.1) is 0 Å². The Morgan fingerprint density at radius 1 is 1.06 bits per heavy atom. The van der Waals surface area contributed by atoms with Gasteiger partial charge in [-0.05, 0) is 38.5 Å². The molecular formula is C14H31NS. The predicted molar refractivity (Wildman–Crippen MR) is 77.8 cm³/mol. The monoisotopic (exact) mass is 245 g/mol. The maximum Gasteiger partial charge on any atom is 0.0246 e. The molecule has 1 nitrogen and oxygen atoms in total. The summed E-state index contributed by atoms with van der Waals surface area (Å²) < 4.78 is 3.99. The van der Waals surface area contributed by atoms with Crippen LogP contribution in [0.15, 0.2) is 0 Å². The number of hydrogen-bond donors (Lipinski definition) is 1. The van der Waals surface area contributed by atoms with E-state index in [9.17, 15) is 0 Å². The smallest absolute Gasteiger partial charge is 0.0246 e. The average Bonchev–Trinajstić information content (AvgIpc) is 1.99. The molecule has 0 aromatic carbocycles. The molecule has 0 aliphatic rings. The Hall–Kier alpha value is 0.310. The fourth-order valence-electron chi connectivity index (χ4n) is 2.01. The van der Waals surface area contributed by atoms with Crippen LogP contribution in [0.1, 0.15) is 68.2 Å². The van der Waals surface area contributed by atoms with Crippen LogP contribution in [0.4, 0.5) is 0 Å². The summed E-state index contributed by atoms with van der Waals surface area (Å²) in [5.41, 5.74) is 0.326. The Bertz CT molecular complexity index is 188. The number of hydrogen-bond acceptors (Lipinski definition) is 2. The summed E-state index contributed by atoms with van der Waals surface area (Å²) in [6.07, 6.45) is 2.58. The Balaban J connectivity index is 4.45. The van der Waals surface area contributed by atoms with Crippen LogP contribution < -0.4 is 4.72 Å². The van der Waals surface area contributed by atoms with E-state index in [1.807, 2.05) is 11.9 Å². The van der Waals surface area contributed by atoms with E-state index >= 15 is 0 Å². The van der Waals surface area contributed by atoms with Gasteiger partial charge < -0.3 is 0 Å². The minimum absolute atomic E-state index is 0.287. The van der Waals surface area contributed by atoms with Crippen LogP contribution in [0.2, 0.25) is 0 Å². The molecular weight excluding hydrogens is 214 g/mol. The first-order valence-corrected chi connectivity index (χ1v) is 7.33. The topological polar surface area (TPSA) is 12.0 Å². The minimum Gasteiger partial charge on any atom is -0.260 e. The summed E-state index contributed by atoms with van der Waals surface area (Å²) in [6.45, 7) is 18.4. The molecule has 0 fully saturated rings. The van der Waals surface area contributed by atoms with Gasteiger partial charge in [0.15, 0.2) is 0 Å². The molecule has 0 aliphatic carbocycles. The van der Waals surface area contributed by atoms with Gasteiger partial charge in [0.25, 0.3) is 0 Å². The van der Waals surface area contributed by atoms with E-state index in [1.165, 1.54) is 12.8 Å². The van der Waals surface area contributed by atoms with Crippen LogP contribution in [0.3, 0.4) is 0 Å². The second kappa shape index (κ2) is 6.30. The van der Waals surface area contributed by atoms with Gasteiger partial charge in [-0.2, -0.15) is 0 Å². The molecule has 0 rings (SSSR count). The Morgan fingerprint density at radius 3 is 1.88 bits per heavy atom. The molecule has 0 bridgehead atoms. The van der Waals surface area contributed by atoms with E-state index in [0.29, 0.717) is 11.5 Å². The van der Waals surface area contributed by atoms with Crippen LogP contribution in [0.25, 0.3) is 0 Å². The Kier molecular flexibility index (Phi) is 6.42. The van der Waals surface area contributed by atoms with Crippen molar-refractivity contribution in [1.82, 2.24) is 4.72 Å². The highest BCUT2D eigenvalue weighted by Crippen LogP contribution is 2.31. The predicted octanol–water partition coefficient (Wildman–Crippen LogP) is 4.87. The van der Waals surface area contributed by atoms with Gasteiger partial charge in [-0.1, -0.05) is 53.0 Å². The number of rotatable bonds is 5. The molecule has 0 heterocycles. The molecule has 16 heavy (non-hydrogen) atoms. The second-order valence-corrected chi connectivity index (χ2v) is 8.61. The highest BCUT2D eigenvalue weighted by molar-refractivity contribution is 7.98. The molecule has 0 aliphatic heterocycles. The first-order chi connectivity index (χ1) is 7.08. The molecule has 1 N–H and O–H groups in total. The van der Waals surface area contributed by atoms with Crippen molar-refractivity contribution in [2.45, 2.75) is 79.0 Å². The van der Waals surface area contributed by atoms with Crippen molar-refractivity contribution < 1.29 is 0 Å². The van der Waals surface area contributed by atoms with Crippen molar-refractivity contribution in [1.29, 1.82) is 0 Å². The third kappa shape index (κ3) is 6.80. The SMILES string of the molecule is CCCC(C)C(NSC(C)(C)C)C(C)(C)C. The molecule has 0 spiro atoms. The van der Waals surface area contributed by atoms with E-state index in [4.69, 9.17) is 0 Å². The lowest BCUT2D eigenvalue weighted by Crippen LogP contribution is -2.43. The van der Waals surface area contributed by atoms with Crippen LogP contribution >= 0.6 is 11.9 Å². The molecule has 98 valence electrons. The first-order valence-electron chi connectivity index (χ1n) is 6.51. The molecule has 2 atom stereocenters. The van der Waals surface area contributed by atoms with E-state index < -0.39 is 0 Å².